The molecule has 5 nitrogen and oxygen atoms in total. The van der Waals surface area contributed by atoms with Crippen molar-refractivity contribution < 1.29 is 14.3 Å². The number of nitriles is 1. The first-order chi connectivity index (χ1) is 14.6. The molecule has 0 unspecified atom stereocenters. The van der Waals surface area contributed by atoms with Gasteiger partial charge >= 0.3 is 5.97 Å². The molecule has 0 saturated heterocycles. The van der Waals surface area contributed by atoms with Gasteiger partial charge in [0.2, 0.25) is 0 Å². The molecule has 0 fully saturated rings. The van der Waals surface area contributed by atoms with Crippen molar-refractivity contribution in [2.24, 2.45) is 0 Å². The fourth-order valence-electron chi connectivity index (χ4n) is 3.19. The Balaban J connectivity index is 1.72. The summed E-state index contributed by atoms with van der Waals surface area (Å²) in [5, 5.41) is 9.38. The summed E-state index contributed by atoms with van der Waals surface area (Å²) in [5.41, 5.74) is 3.05. The van der Waals surface area contributed by atoms with E-state index in [9.17, 15) is 14.9 Å². The molecule has 0 bridgehead atoms. The summed E-state index contributed by atoms with van der Waals surface area (Å²) in [6.45, 7) is 2.52. The van der Waals surface area contributed by atoms with Crippen molar-refractivity contribution in [3.05, 3.63) is 95.6 Å². The maximum Gasteiger partial charge on any atom is 0.339 e. The van der Waals surface area contributed by atoms with Gasteiger partial charge in [0, 0.05) is 18.7 Å². The van der Waals surface area contributed by atoms with E-state index in [1.165, 1.54) is 0 Å². The Hall–Kier alpha value is -3.91. The Labute approximate surface area is 176 Å². The minimum Gasteiger partial charge on any atom is -0.452 e. The average molecular weight is 398 g/mol. The van der Waals surface area contributed by atoms with Crippen LogP contribution in [-0.4, -0.2) is 29.9 Å². The second kappa shape index (κ2) is 10.0. The van der Waals surface area contributed by atoms with Crippen LogP contribution in [0.15, 0.2) is 78.9 Å². The van der Waals surface area contributed by atoms with Crippen LogP contribution in [0.5, 0.6) is 0 Å². The number of carbonyl (C=O) groups excluding carboxylic acids is 2. The van der Waals surface area contributed by atoms with Crippen LogP contribution in [0.3, 0.4) is 0 Å². The maximum atomic E-state index is 12.7. The highest BCUT2D eigenvalue weighted by Gasteiger charge is 2.19. The molecule has 0 saturated carbocycles. The van der Waals surface area contributed by atoms with Crippen LogP contribution in [0.2, 0.25) is 0 Å². The van der Waals surface area contributed by atoms with Gasteiger partial charge in [0.1, 0.15) is 0 Å². The van der Waals surface area contributed by atoms with Gasteiger partial charge in [-0.15, -0.1) is 0 Å². The van der Waals surface area contributed by atoms with Crippen LogP contribution in [0.25, 0.3) is 11.1 Å². The van der Waals surface area contributed by atoms with E-state index in [4.69, 9.17) is 4.74 Å². The third-order valence-corrected chi connectivity index (χ3v) is 4.76. The van der Waals surface area contributed by atoms with E-state index < -0.39 is 5.97 Å². The van der Waals surface area contributed by atoms with Gasteiger partial charge in [-0.2, -0.15) is 5.26 Å². The van der Waals surface area contributed by atoms with Gasteiger partial charge in [0.25, 0.3) is 5.91 Å². The number of ether oxygens (including phenoxy) is 1. The lowest BCUT2D eigenvalue weighted by molar-refractivity contribution is -0.134. The molecule has 3 aromatic carbocycles. The molecule has 0 spiro atoms. The van der Waals surface area contributed by atoms with Gasteiger partial charge in [-0.1, -0.05) is 66.7 Å². The van der Waals surface area contributed by atoms with Gasteiger partial charge in [-0.25, -0.2) is 4.79 Å². The van der Waals surface area contributed by atoms with Gasteiger partial charge in [-0.05, 0) is 30.2 Å². The fraction of sp³-hybridized carbons (Fsp3) is 0.160. The molecule has 30 heavy (non-hydrogen) atoms. The van der Waals surface area contributed by atoms with Crippen LogP contribution in [0.4, 0.5) is 0 Å². The molecule has 0 radical (unpaired) electrons. The largest absolute Gasteiger partial charge is 0.452 e. The highest BCUT2D eigenvalue weighted by Crippen LogP contribution is 2.27. The number of nitrogens with zero attached hydrogens (tertiary/aromatic N) is 2. The number of hydrogen-bond donors (Lipinski definition) is 0. The van der Waals surface area contributed by atoms with Crippen molar-refractivity contribution >= 4 is 11.9 Å². The van der Waals surface area contributed by atoms with E-state index in [1.54, 1.807) is 47.4 Å². The summed E-state index contributed by atoms with van der Waals surface area (Å²) in [6.07, 6.45) is 0. The second-order valence-electron chi connectivity index (χ2n) is 6.67. The van der Waals surface area contributed by atoms with Crippen molar-refractivity contribution in [3.8, 4) is 17.2 Å². The molecule has 0 atom stereocenters. The van der Waals surface area contributed by atoms with Gasteiger partial charge in [-0.3, -0.25) is 4.79 Å². The Kier molecular flexibility index (Phi) is 6.96. The van der Waals surface area contributed by atoms with Crippen LogP contribution in [0.1, 0.15) is 28.4 Å². The third kappa shape index (κ3) is 4.92. The Morgan fingerprint density at radius 3 is 2.23 bits per heavy atom. The SMILES string of the molecule is CCN(Cc1ccccc1)C(=O)COC(=O)c1ccccc1-c1ccccc1C#N. The molecule has 5 heteroatoms. The molecule has 0 heterocycles. The molecular formula is C25H22N2O3. The molecule has 0 aliphatic rings. The van der Waals surface area contributed by atoms with E-state index in [0.29, 0.717) is 35.3 Å². The number of hydrogen-bond acceptors (Lipinski definition) is 4. The van der Waals surface area contributed by atoms with Gasteiger partial charge in [0.15, 0.2) is 6.61 Å². The van der Waals surface area contributed by atoms with Crippen LogP contribution >= 0.6 is 0 Å². The molecule has 1 amide bonds. The first-order valence-electron chi connectivity index (χ1n) is 9.71. The minimum atomic E-state index is -0.595. The smallest absolute Gasteiger partial charge is 0.339 e. The third-order valence-electron chi connectivity index (χ3n) is 4.76. The number of rotatable bonds is 7. The van der Waals surface area contributed by atoms with Crippen molar-refractivity contribution in [2.75, 3.05) is 13.2 Å². The Morgan fingerprint density at radius 1 is 0.900 bits per heavy atom. The molecule has 3 rings (SSSR count). The molecule has 3 aromatic rings. The summed E-state index contributed by atoms with van der Waals surface area (Å²) in [6, 6.07) is 25.8. The zero-order valence-corrected chi connectivity index (χ0v) is 16.7. The summed E-state index contributed by atoms with van der Waals surface area (Å²) >= 11 is 0. The van der Waals surface area contributed by atoms with E-state index in [0.717, 1.165) is 5.56 Å². The Bertz CT molecular complexity index is 1070. The summed E-state index contributed by atoms with van der Waals surface area (Å²) in [7, 11) is 0. The predicted octanol–water partition coefficient (Wildman–Crippen LogP) is 4.43. The lowest BCUT2D eigenvalue weighted by Gasteiger charge is -2.21. The van der Waals surface area contributed by atoms with E-state index in [2.05, 4.69) is 6.07 Å². The van der Waals surface area contributed by atoms with Crippen molar-refractivity contribution in [2.45, 2.75) is 13.5 Å². The van der Waals surface area contributed by atoms with E-state index >= 15 is 0 Å². The normalized spacial score (nSPS) is 10.1. The number of likely N-dealkylation sites (N-methyl/N-ethyl adjacent to an activating group) is 1. The lowest BCUT2D eigenvalue weighted by Crippen LogP contribution is -2.34. The molecular weight excluding hydrogens is 376 g/mol. The van der Waals surface area contributed by atoms with E-state index in [1.807, 2.05) is 43.3 Å². The van der Waals surface area contributed by atoms with Crippen molar-refractivity contribution in [3.63, 3.8) is 0 Å². The molecule has 150 valence electrons. The van der Waals surface area contributed by atoms with Crippen LogP contribution in [-0.2, 0) is 16.1 Å². The second-order valence-corrected chi connectivity index (χ2v) is 6.67. The quantitative estimate of drug-likeness (QED) is 0.552. The first-order valence-corrected chi connectivity index (χ1v) is 9.71. The van der Waals surface area contributed by atoms with E-state index in [-0.39, 0.29) is 12.5 Å². The van der Waals surface area contributed by atoms with Crippen molar-refractivity contribution in [1.82, 2.24) is 4.90 Å². The van der Waals surface area contributed by atoms with Gasteiger partial charge in [0.05, 0.1) is 17.2 Å². The zero-order valence-electron chi connectivity index (χ0n) is 16.7. The number of benzene rings is 3. The lowest BCUT2D eigenvalue weighted by atomic mass is 9.96. The number of esters is 1. The van der Waals surface area contributed by atoms with Crippen LogP contribution < -0.4 is 0 Å². The molecule has 0 aromatic heterocycles. The summed E-state index contributed by atoms with van der Waals surface area (Å²) in [5.74, 6) is -0.855. The standard InChI is InChI=1S/C25H22N2O3/c1-2-27(17-19-10-4-3-5-11-19)24(28)18-30-25(29)23-15-9-8-14-22(23)21-13-7-6-12-20(21)16-26/h3-15H,2,17-18H2,1H3. The maximum absolute atomic E-state index is 12.7. The molecule has 0 N–H and O–H groups in total. The van der Waals surface area contributed by atoms with Crippen LogP contribution in [0, 0.1) is 11.3 Å². The predicted molar refractivity (Wildman–Crippen MR) is 114 cm³/mol. The number of carbonyl (C=O) groups is 2. The molecule has 0 aliphatic carbocycles. The first kappa shape index (κ1) is 20.8. The minimum absolute atomic E-state index is 0.260. The zero-order chi connectivity index (χ0) is 21.3. The average Bonchev–Trinajstić information content (AvgIpc) is 2.81. The van der Waals surface area contributed by atoms with Gasteiger partial charge < -0.3 is 9.64 Å². The highest BCUT2D eigenvalue weighted by molar-refractivity contribution is 5.98. The number of amides is 1. The highest BCUT2D eigenvalue weighted by atomic mass is 16.5. The fourth-order valence-corrected chi connectivity index (χ4v) is 3.19. The molecule has 0 aliphatic heterocycles. The monoisotopic (exact) mass is 398 g/mol. The Morgan fingerprint density at radius 2 is 1.53 bits per heavy atom. The van der Waals surface area contributed by atoms with Crippen molar-refractivity contribution in [1.29, 1.82) is 5.26 Å². The summed E-state index contributed by atoms with van der Waals surface area (Å²) < 4.78 is 5.33. The summed E-state index contributed by atoms with van der Waals surface area (Å²) in [4.78, 5) is 27.0. The topological polar surface area (TPSA) is 70.4 Å².